The molecule has 0 bridgehead atoms. The lowest BCUT2D eigenvalue weighted by Gasteiger charge is -2.22. The topological polar surface area (TPSA) is 72.8 Å². The molecule has 0 aliphatic heterocycles. The number of halogens is 1. The fourth-order valence-electron chi connectivity index (χ4n) is 1.54. The summed E-state index contributed by atoms with van der Waals surface area (Å²) in [5.74, 6) is -1.82. The minimum atomic E-state index is -1.15. The summed E-state index contributed by atoms with van der Waals surface area (Å²) in [5, 5.41) is 8.62. The van der Waals surface area contributed by atoms with Gasteiger partial charge in [0.25, 0.3) is 0 Å². The summed E-state index contributed by atoms with van der Waals surface area (Å²) in [5.41, 5.74) is -0.602. The van der Waals surface area contributed by atoms with Gasteiger partial charge in [-0.2, -0.15) is 0 Å². The van der Waals surface area contributed by atoms with Gasteiger partial charge in [-0.15, -0.1) is 0 Å². The smallest absolute Gasteiger partial charge is 0.328 e. The molecular formula is C15H17FO5. The molecule has 0 radical (unpaired) electrons. The summed E-state index contributed by atoms with van der Waals surface area (Å²) in [7, 11) is 1.28. The fourth-order valence-corrected chi connectivity index (χ4v) is 1.54. The van der Waals surface area contributed by atoms with Crippen LogP contribution in [0.25, 0.3) is 6.08 Å². The van der Waals surface area contributed by atoms with E-state index in [9.17, 15) is 14.0 Å². The predicted octanol–water partition coefficient (Wildman–Crippen LogP) is 2.50. The molecule has 6 heteroatoms. The maximum atomic E-state index is 13.2. The Kier molecular flexibility index (Phi) is 5.46. The Morgan fingerprint density at radius 1 is 1.38 bits per heavy atom. The predicted molar refractivity (Wildman–Crippen MR) is 74.4 cm³/mol. The van der Waals surface area contributed by atoms with Crippen molar-refractivity contribution in [2.45, 2.75) is 13.8 Å². The highest BCUT2D eigenvalue weighted by Gasteiger charge is 2.30. The SMILES string of the molecule is COC(=O)C(C)(C)COc1ccc(F)cc1/C=C/C(=O)O. The van der Waals surface area contributed by atoms with Crippen LogP contribution in [0.4, 0.5) is 4.39 Å². The van der Waals surface area contributed by atoms with Crippen molar-refractivity contribution in [1.82, 2.24) is 0 Å². The molecule has 1 aromatic rings. The van der Waals surface area contributed by atoms with Gasteiger partial charge in [0.15, 0.2) is 0 Å². The van der Waals surface area contributed by atoms with Crippen LogP contribution in [-0.4, -0.2) is 30.8 Å². The van der Waals surface area contributed by atoms with Gasteiger partial charge in [-0.25, -0.2) is 9.18 Å². The second kappa shape index (κ2) is 6.88. The minimum Gasteiger partial charge on any atom is -0.492 e. The Hall–Kier alpha value is -2.37. The van der Waals surface area contributed by atoms with Crippen LogP contribution in [0.5, 0.6) is 5.75 Å². The van der Waals surface area contributed by atoms with Gasteiger partial charge in [-0.3, -0.25) is 4.79 Å². The molecule has 21 heavy (non-hydrogen) atoms. The van der Waals surface area contributed by atoms with E-state index in [1.807, 2.05) is 0 Å². The van der Waals surface area contributed by atoms with Crippen molar-refractivity contribution >= 4 is 18.0 Å². The first-order valence-electron chi connectivity index (χ1n) is 6.18. The first-order chi connectivity index (χ1) is 9.76. The van der Waals surface area contributed by atoms with Gasteiger partial charge < -0.3 is 14.6 Å². The number of esters is 1. The molecule has 0 aliphatic carbocycles. The first kappa shape index (κ1) is 16.7. The lowest BCUT2D eigenvalue weighted by molar-refractivity contribution is -0.152. The van der Waals surface area contributed by atoms with Crippen LogP contribution in [0.1, 0.15) is 19.4 Å². The fraction of sp³-hybridized carbons (Fsp3) is 0.333. The number of carboxylic acid groups (broad SMARTS) is 1. The highest BCUT2D eigenvalue weighted by molar-refractivity contribution is 5.85. The minimum absolute atomic E-state index is 0.0131. The van der Waals surface area contributed by atoms with E-state index in [-0.39, 0.29) is 17.9 Å². The zero-order valence-corrected chi connectivity index (χ0v) is 12.1. The third kappa shape index (κ3) is 4.91. The molecule has 0 aliphatic rings. The molecular weight excluding hydrogens is 279 g/mol. The highest BCUT2D eigenvalue weighted by atomic mass is 19.1. The van der Waals surface area contributed by atoms with Gasteiger partial charge in [0.05, 0.1) is 12.5 Å². The van der Waals surface area contributed by atoms with Crippen LogP contribution >= 0.6 is 0 Å². The number of methoxy groups -OCH3 is 1. The summed E-state index contributed by atoms with van der Waals surface area (Å²) < 4.78 is 23.4. The Morgan fingerprint density at radius 2 is 2.05 bits per heavy atom. The van der Waals surface area contributed by atoms with E-state index in [0.717, 1.165) is 12.1 Å². The molecule has 1 N–H and O–H groups in total. The Morgan fingerprint density at radius 3 is 2.62 bits per heavy atom. The molecule has 5 nitrogen and oxygen atoms in total. The zero-order valence-electron chi connectivity index (χ0n) is 12.1. The maximum absolute atomic E-state index is 13.2. The largest absolute Gasteiger partial charge is 0.492 e. The number of benzene rings is 1. The monoisotopic (exact) mass is 296 g/mol. The number of ether oxygens (including phenoxy) is 2. The number of hydrogen-bond donors (Lipinski definition) is 1. The number of hydrogen-bond acceptors (Lipinski definition) is 4. The van der Waals surface area contributed by atoms with Crippen molar-refractivity contribution in [2.24, 2.45) is 5.41 Å². The molecule has 0 amide bonds. The Bertz CT molecular complexity index is 563. The van der Waals surface area contributed by atoms with Gasteiger partial charge in [0.2, 0.25) is 0 Å². The van der Waals surface area contributed by atoms with Crippen molar-refractivity contribution in [3.8, 4) is 5.75 Å². The van der Waals surface area contributed by atoms with Crippen LogP contribution in [-0.2, 0) is 14.3 Å². The molecule has 0 saturated heterocycles. The van der Waals surface area contributed by atoms with Crippen molar-refractivity contribution in [2.75, 3.05) is 13.7 Å². The number of aliphatic carboxylic acids is 1. The molecule has 0 unspecified atom stereocenters. The van der Waals surface area contributed by atoms with Gasteiger partial charge in [0, 0.05) is 11.6 Å². The molecule has 0 spiro atoms. The first-order valence-corrected chi connectivity index (χ1v) is 6.18. The molecule has 0 aromatic heterocycles. The molecule has 1 rings (SSSR count). The summed E-state index contributed by atoms with van der Waals surface area (Å²) in [4.78, 5) is 22.1. The van der Waals surface area contributed by atoms with Crippen LogP contribution in [0.15, 0.2) is 24.3 Å². The van der Waals surface area contributed by atoms with Crippen molar-refractivity contribution in [3.05, 3.63) is 35.7 Å². The number of carbonyl (C=O) groups is 2. The van der Waals surface area contributed by atoms with Crippen LogP contribution in [0.3, 0.4) is 0 Å². The van der Waals surface area contributed by atoms with Gasteiger partial charge >= 0.3 is 11.9 Å². The van der Waals surface area contributed by atoms with E-state index in [2.05, 4.69) is 4.74 Å². The van der Waals surface area contributed by atoms with Crippen molar-refractivity contribution in [1.29, 1.82) is 0 Å². The summed E-state index contributed by atoms with van der Waals surface area (Å²) in [6, 6.07) is 3.72. The quantitative estimate of drug-likeness (QED) is 0.645. The molecule has 0 atom stereocenters. The van der Waals surface area contributed by atoms with Crippen molar-refractivity contribution < 1.29 is 28.6 Å². The van der Waals surface area contributed by atoms with E-state index in [1.54, 1.807) is 13.8 Å². The average Bonchev–Trinajstić information content (AvgIpc) is 2.42. The Labute approximate surface area is 122 Å². The average molecular weight is 296 g/mol. The summed E-state index contributed by atoms with van der Waals surface area (Å²) >= 11 is 0. The van der Waals surface area contributed by atoms with Gasteiger partial charge in [-0.1, -0.05) is 0 Å². The molecule has 1 aromatic carbocycles. The van der Waals surface area contributed by atoms with Crippen LogP contribution in [0.2, 0.25) is 0 Å². The molecule has 0 heterocycles. The lowest BCUT2D eigenvalue weighted by Crippen LogP contribution is -2.32. The van der Waals surface area contributed by atoms with E-state index < -0.39 is 23.2 Å². The zero-order chi connectivity index (χ0) is 16.0. The lowest BCUT2D eigenvalue weighted by atomic mass is 9.95. The number of carbonyl (C=O) groups excluding carboxylic acids is 1. The second-order valence-electron chi connectivity index (χ2n) is 5.02. The number of carboxylic acids is 1. The van der Waals surface area contributed by atoms with E-state index in [1.165, 1.54) is 25.3 Å². The van der Waals surface area contributed by atoms with Gasteiger partial charge in [-0.05, 0) is 38.1 Å². The highest BCUT2D eigenvalue weighted by Crippen LogP contribution is 2.25. The standard InChI is InChI=1S/C15H17FO5/c1-15(2,14(19)20-3)9-21-12-6-5-11(16)8-10(12)4-7-13(17)18/h4-8H,9H2,1-3H3,(H,17,18)/b7-4+. The number of rotatable bonds is 6. The molecule has 0 fully saturated rings. The summed E-state index contributed by atoms with van der Waals surface area (Å²) in [6.07, 6.45) is 2.11. The third-order valence-electron chi connectivity index (χ3n) is 2.70. The Balaban J connectivity index is 2.93. The summed E-state index contributed by atoms with van der Waals surface area (Å²) in [6.45, 7) is 3.31. The van der Waals surface area contributed by atoms with E-state index >= 15 is 0 Å². The van der Waals surface area contributed by atoms with Crippen LogP contribution in [0, 0.1) is 11.2 Å². The van der Waals surface area contributed by atoms with Gasteiger partial charge in [0.1, 0.15) is 18.2 Å². The van der Waals surface area contributed by atoms with Crippen LogP contribution < -0.4 is 4.74 Å². The third-order valence-corrected chi connectivity index (χ3v) is 2.70. The normalized spacial score (nSPS) is 11.4. The molecule has 0 saturated carbocycles. The van der Waals surface area contributed by atoms with E-state index in [0.29, 0.717) is 0 Å². The maximum Gasteiger partial charge on any atom is 0.328 e. The molecule has 114 valence electrons. The van der Waals surface area contributed by atoms with E-state index in [4.69, 9.17) is 9.84 Å². The second-order valence-corrected chi connectivity index (χ2v) is 5.02. The van der Waals surface area contributed by atoms with Crippen molar-refractivity contribution in [3.63, 3.8) is 0 Å².